The Morgan fingerprint density at radius 1 is 0.810 bits per heavy atom. The van der Waals surface area contributed by atoms with Crippen LogP contribution in [-0.2, 0) is 22.6 Å². The summed E-state index contributed by atoms with van der Waals surface area (Å²) < 4.78 is 5.68. The molecule has 0 radical (unpaired) electrons. The molecule has 0 aromatic heterocycles. The van der Waals surface area contributed by atoms with E-state index in [4.69, 9.17) is 11.2 Å². The lowest BCUT2D eigenvalue weighted by molar-refractivity contribution is -0.123. The predicted molar refractivity (Wildman–Crippen MR) is 162 cm³/mol. The van der Waals surface area contributed by atoms with Gasteiger partial charge in [-0.2, -0.15) is 0 Å². The third-order valence-electron chi connectivity index (χ3n) is 6.64. The number of nitrogens with one attached hydrogen (secondary N) is 2. The first kappa shape index (κ1) is 29.8. The van der Waals surface area contributed by atoms with Gasteiger partial charge in [0.1, 0.15) is 12.1 Å². The molecule has 4 aromatic rings. The summed E-state index contributed by atoms with van der Waals surface area (Å²) in [4.78, 5) is 37.9. The highest BCUT2D eigenvalue weighted by atomic mass is 16.5. The number of hydrogen-bond acceptors (Lipinski definition) is 4. The Labute approximate surface area is 245 Å². The largest absolute Gasteiger partial charge is 0.478 e. The van der Waals surface area contributed by atoms with Gasteiger partial charge in [0.25, 0.3) is 5.91 Å². The molecule has 0 saturated heterocycles. The maximum absolute atomic E-state index is 13.4. The zero-order valence-electron chi connectivity index (χ0n) is 23.2. The molecule has 3 N–H and O–H groups in total. The van der Waals surface area contributed by atoms with E-state index in [1.807, 2.05) is 73.7 Å². The fourth-order valence-corrected chi connectivity index (χ4v) is 4.46. The van der Waals surface area contributed by atoms with Gasteiger partial charge in [0.15, 0.2) is 0 Å². The molecule has 42 heavy (non-hydrogen) atoms. The van der Waals surface area contributed by atoms with Crippen molar-refractivity contribution in [2.24, 2.45) is 0 Å². The summed E-state index contributed by atoms with van der Waals surface area (Å²) in [7, 11) is 0. The monoisotopic (exact) mass is 560 g/mol. The van der Waals surface area contributed by atoms with E-state index in [2.05, 4.69) is 16.6 Å². The van der Waals surface area contributed by atoms with Gasteiger partial charge in [0, 0.05) is 12.0 Å². The Kier molecular flexibility index (Phi) is 10.2. The minimum Gasteiger partial charge on any atom is -0.478 e. The molecule has 0 unspecified atom stereocenters. The van der Waals surface area contributed by atoms with E-state index in [1.165, 1.54) is 12.1 Å². The molecule has 4 aromatic carbocycles. The summed E-state index contributed by atoms with van der Waals surface area (Å²) in [5, 5.41) is 14.9. The number of amides is 2. The maximum Gasteiger partial charge on any atom is 0.335 e. The summed E-state index contributed by atoms with van der Waals surface area (Å²) >= 11 is 0. The average Bonchev–Trinajstić information content (AvgIpc) is 3.00. The van der Waals surface area contributed by atoms with Crippen LogP contribution in [-0.4, -0.2) is 41.6 Å². The minimum atomic E-state index is -1.03. The minimum absolute atomic E-state index is 0.00555. The van der Waals surface area contributed by atoms with E-state index in [-0.39, 0.29) is 31.1 Å². The SMILES string of the molecule is C#C[C@H](COCc1cccc(C(=O)O)c1)NC(=O)[C@H](Cc1cccc(C)c1)NC(=O)c1ccc(-c2ccccc2)cc1. The summed E-state index contributed by atoms with van der Waals surface area (Å²) in [6.45, 7) is 2.09. The van der Waals surface area contributed by atoms with Gasteiger partial charge in [0.05, 0.1) is 18.8 Å². The van der Waals surface area contributed by atoms with Gasteiger partial charge in [-0.15, -0.1) is 6.42 Å². The third-order valence-corrected chi connectivity index (χ3v) is 6.64. The standard InChI is InChI=1S/C35H32N2O5/c1-3-31(23-42-22-26-11-8-14-30(20-26)35(40)41)36-34(39)32(21-25-10-7-9-24(2)19-25)37-33(38)29-17-15-28(16-18-29)27-12-5-4-6-13-27/h1,4-20,31-32H,21-23H2,2H3,(H,36,39)(H,37,38)(H,40,41)/t31-,32+/m1/s1. The number of ether oxygens (including phenoxy) is 1. The molecule has 0 saturated carbocycles. The second-order valence-electron chi connectivity index (χ2n) is 9.91. The summed E-state index contributed by atoms with van der Waals surface area (Å²) in [5.74, 6) is 0.671. The van der Waals surface area contributed by atoms with Gasteiger partial charge in [0.2, 0.25) is 5.91 Å². The Morgan fingerprint density at radius 3 is 2.19 bits per heavy atom. The zero-order chi connectivity index (χ0) is 29.9. The van der Waals surface area contributed by atoms with Crippen LogP contribution in [0.15, 0.2) is 103 Å². The highest BCUT2D eigenvalue weighted by molar-refractivity contribution is 5.98. The van der Waals surface area contributed by atoms with Crippen molar-refractivity contribution >= 4 is 17.8 Å². The van der Waals surface area contributed by atoms with Gasteiger partial charge >= 0.3 is 5.97 Å². The van der Waals surface area contributed by atoms with Crippen LogP contribution in [0.4, 0.5) is 0 Å². The van der Waals surface area contributed by atoms with Crippen LogP contribution < -0.4 is 10.6 Å². The van der Waals surface area contributed by atoms with Gasteiger partial charge in [-0.1, -0.05) is 90.3 Å². The van der Waals surface area contributed by atoms with Gasteiger partial charge in [-0.3, -0.25) is 9.59 Å². The van der Waals surface area contributed by atoms with Crippen molar-refractivity contribution in [2.45, 2.75) is 32.0 Å². The molecular weight excluding hydrogens is 528 g/mol. The molecule has 0 aliphatic heterocycles. The predicted octanol–water partition coefficient (Wildman–Crippen LogP) is 5.04. The fourth-order valence-electron chi connectivity index (χ4n) is 4.46. The van der Waals surface area contributed by atoms with Crippen LogP contribution in [0, 0.1) is 19.3 Å². The van der Waals surface area contributed by atoms with E-state index in [1.54, 1.807) is 24.3 Å². The van der Waals surface area contributed by atoms with Crippen LogP contribution in [0.5, 0.6) is 0 Å². The van der Waals surface area contributed by atoms with Crippen LogP contribution in [0.25, 0.3) is 11.1 Å². The van der Waals surface area contributed by atoms with E-state index in [0.717, 1.165) is 22.3 Å². The summed E-state index contributed by atoms with van der Waals surface area (Å²) in [5.41, 5.74) is 5.20. The molecule has 0 aliphatic rings. The van der Waals surface area contributed by atoms with Crippen molar-refractivity contribution in [3.8, 4) is 23.5 Å². The van der Waals surface area contributed by atoms with Crippen molar-refractivity contribution < 1.29 is 24.2 Å². The van der Waals surface area contributed by atoms with Crippen LogP contribution >= 0.6 is 0 Å². The zero-order valence-corrected chi connectivity index (χ0v) is 23.2. The van der Waals surface area contributed by atoms with Gasteiger partial charge in [-0.05, 0) is 53.4 Å². The van der Waals surface area contributed by atoms with Gasteiger partial charge in [-0.25, -0.2) is 4.79 Å². The van der Waals surface area contributed by atoms with E-state index in [9.17, 15) is 19.5 Å². The molecule has 0 heterocycles. The lowest BCUT2D eigenvalue weighted by Gasteiger charge is -2.21. The lowest BCUT2D eigenvalue weighted by Crippen LogP contribution is -2.51. The number of aryl methyl sites for hydroxylation is 1. The molecule has 2 atom stereocenters. The van der Waals surface area contributed by atoms with E-state index >= 15 is 0 Å². The number of terminal acetylenes is 1. The molecule has 0 aliphatic carbocycles. The number of carboxylic acids is 1. The molecule has 2 amide bonds. The molecule has 0 fully saturated rings. The Hall–Kier alpha value is -5.19. The van der Waals surface area contributed by atoms with Crippen LogP contribution in [0.1, 0.15) is 37.4 Å². The average molecular weight is 561 g/mol. The number of hydrogen-bond donors (Lipinski definition) is 3. The molecule has 0 bridgehead atoms. The number of carbonyl (C=O) groups excluding carboxylic acids is 2. The summed E-state index contributed by atoms with van der Waals surface area (Å²) in [6, 6.07) is 29.5. The fraction of sp³-hybridized carbons (Fsp3) is 0.171. The Morgan fingerprint density at radius 2 is 1.50 bits per heavy atom. The Bertz CT molecular complexity index is 1580. The van der Waals surface area contributed by atoms with Crippen molar-refractivity contribution in [1.29, 1.82) is 0 Å². The molecule has 7 nitrogen and oxygen atoms in total. The number of aromatic carboxylic acids is 1. The first-order valence-corrected chi connectivity index (χ1v) is 13.5. The van der Waals surface area contributed by atoms with E-state index < -0.39 is 24.0 Å². The van der Waals surface area contributed by atoms with Crippen LogP contribution in [0.2, 0.25) is 0 Å². The topological polar surface area (TPSA) is 105 Å². The quantitative estimate of drug-likeness (QED) is 0.211. The molecule has 7 heteroatoms. The molecular formula is C35H32N2O5. The van der Waals surface area contributed by atoms with E-state index in [0.29, 0.717) is 11.1 Å². The number of benzene rings is 4. The van der Waals surface area contributed by atoms with Gasteiger partial charge < -0.3 is 20.5 Å². The maximum atomic E-state index is 13.4. The number of carbonyl (C=O) groups is 3. The highest BCUT2D eigenvalue weighted by Gasteiger charge is 2.24. The number of carboxylic acid groups (broad SMARTS) is 1. The molecule has 4 rings (SSSR count). The van der Waals surface area contributed by atoms with Crippen molar-refractivity contribution in [2.75, 3.05) is 6.61 Å². The second-order valence-corrected chi connectivity index (χ2v) is 9.91. The number of rotatable bonds is 12. The van der Waals surface area contributed by atoms with Crippen molar-refractivity contribution in [3.05, 3.63) is 131 Å². The summed E-state index contributed by atoms with van der Waals surface area (Å²) in [6.07, 6.45) is 5.95. The van der Waals surface area contributed by atoms with Crippen LogP contribution in [0.3, 0.4) is 0 Å². The van der Waals surface area contributed by atoms with Crippen molar-refractivity contribution in [1.82, 2.24) is 10.6 Å². The smallest absolute Gasteiger partial charge is 0.335 e. The second kappa shape index (κ2) is 14.4. The molecule has 212 valence electrons. The highest BCUT2D eigenvalue weighted by Crippen LogP contribution is 2.19. The first-order chi connectivity index (χ1) is 20.3. The Balaban J connectivity index is 1.42. The third kappa shape index (κ3) is 8.40. The lowest BCUT2D eigenvalue weighted by atomic mass is 10.0. The van der Waals surface area contributed by atoms with Crippen molar-refractivity contribution in [3.63, 3.8) is 0 Å². The first-order valence-electron chi connectivity index (χ1n) is 13.5. The molecule has 0 spiro atoms. The normalized spacial score (nSPS) is 12.0.